The number of hydrogen-bond donors (Lipinski definition) is 0. The highest BCUT2D eigenvalue weighted by molar-refractivity contribution is 7.89. The largest absolute Gasteiger partial charge is 0.242 e. The molecule has 0 radical (unpaired) electrons. The molecular formula is C10H14ClNO2S. The lowest BCUT2D eigenvalue weighted by Crippen LogP contribution is -2.28. The van der Waals surface area contributed by atoms with Gasteiger partial charge in [-0.25, -0.2) is 8.42 Å². The SMILES string of the molecule is Cc1cccc(S(=O)(=O)N(C)CCCl)c1. The van der Waals surface area contributed by atoms with Crippen LogP contribution in [0.15, 0.2) is 29.2 Å². The summed E-state index contributed by atoms with van der Waals surface area (Å²) in [6, 6.07) is 6.84. The van der Waals surface area contributed by atoms with Crippen molar-refractivity contribution in [3.05, 3.63) is 29.8 Å². The molecular weight excluding hydrogens is 234 g/mol. The molecule has 0 saturated carbocycles. The third kappa shape index (κ3) is 2.93. The minimum Gasteiger partial charge on any atom is -0.207 e. The lowest BCUT2D eigenvalue weighted by molar-refractivity contribution is 0.488. The summed E-state index contributed by atoms with van der Waals surface area (Å²) in [6.07, 6.45) is 0. The minimum absolute atomic E-state index is 0.293. The average molecular weight is 248 g/mol. The van der Waals surface area contributed by atoms with Crippen LogP contribution >= 0.6 is 11.6 Å². The summed E-state index contributed by atoms with van der Waals surface area (Å²) < 4.78 is 25.1. The van der Waals surface area contributed by atoms with E-state index >= 15 is 0 Å². The van der Waals surface area contributed by atoms with Gasteiger partial charge >= 0.3 is 0 Å². The van der Waals surface area contributed by atoms with Gasteiger partial charge in [0, 0.05) is 19.5 Å². The highest BCUT2D eigenvalue weighted by atomic mass is 35.5. The standard InChI is InChI=1S/C10H14ClNO2S/c1-9-4-3-5-10(8-9)15(13,14)12(2)7-6-11/h3-5,8H,6-7H2,1-2H3. The van der Waals surface area contributed by atoms with Crippen LogP contribution in [-0.2, 0) is 10.0 Å². The molecule has 5 heteroatoms. The number of halogens is 1. The molecule has 0 heterocycles. The predicted octanol–water partition coefficient (Wildman–Crippen LogP) is 1.85. The van der Waals surface area contributed by atoms with Crippen LogP contribution in [0.25, 0.3) is 0 Å². The van der Waals surface area contributed by atoms with E-state index in [1.807, 2.05) is 13.0 Å². The van der Waals surface area contributed by atoms with Gasteiger partial charge in [0.1, 0.15) is 0 Å². The van der Waals surface area contributed by atoms with Gasteiger partial charge < -0.3 is 0 Å². The number of aryl methyl sites for hydroxylation is 1. The fourth-order valence-corrected chi connectivity index (χ4v) is 2.83. The number of hydrogen-bond acceptors (Lipinski definition) is 2. The van der Waals surface area contributed by atoms with E-state index in [0.717, 1.165) is 5.56 Å². The number of nitrogens with zero attached hydrogens (tertiary/aromatic N) is 1. The molecule has 0 spiro atoms. The van der Waals surface area contributed by atoms with Gasteiger partial charge in [-0.2, -0.15) is 4.31 Å². The Labute approximate surface area is 95.7 Å². The molecule has 1 rings (SSSR count). The molecule has 0 bridgehead atoms. The average Bonchev–Trinajstić information content (AvgIpc) is 2.18. The molecule has 0 saturated heterocycles. The third-order valence-electron chi connectivity index (χ3n) is 2.10. The Balaban J connectivity index is 3.06. The normalized spacial score (nSPS) is 12.0. The van der Waals surface area contributed by atoms with E-state index in [0.29, 0.717) is 17.3 Å². The van der Waals surface area contributed by atoms with Gasteiger partial charge in [0.2, 0.25) is 10.0 Å². The fraction of sp³-hybridized carbons (Fsp3) is 0.400. The molecule has 0 aromatic heterocycles. The lowest BCUT2D eigenvalue weighted by Gasteiger charge is -2.15. The smallest absolute Gasteiger partial charge is 0.207 e. The van der Waals surface area contributed by atoms with Crippen molar-refractivity contribution in [2.75, 3.05) is 19.5 Å². The maximum atomic E-state index is 11.9. The Morgan fingerprint density at radius 1 is 1.40 bits per heavy atom. The van der Waals surface area contributed by atoms with Crippen molar-refractivity contribution in [2.24, 2.45) is 0 Å². The summed E-state index contributed by atoms with van der Waals surface area (Å²) in [5.74, 6) is 0.293. The van der Waals surface area contributed by atoms with Gasteiger partial charge in [0.15, 0.2) is 0 Å². The molecule has 3 nitrogen and oxygen atoms in total. The van der Waals surface area contributed by atoms with Crippen molar-refractivity contribution in [1.29, 1.82) is 0 Å². The van der Waals surface area contributed by atoms with Crippen LogP contribution in [0.3, 0.4) is 0 Å². The van der Waals surface area contributed by atoms with Crippen molar-refractivity contribution >= 4 is 21.6 Å². The van der Waals surface area contributed by atoms with Crippen LogP contribution in [0.1, 0.15) is 5.56 Å². The Morgan fingerprint density at radius 2 is 2.07 bits per heavy atom. The monoisotopic (exact) mass is 247 g/mol. The molecule has 0 amide bonds. The number of alkyl halides is 1. The van der Waals surface area contributed by atoms with Gasteiger partial charge in [0.05, 0.1) is 4.90 Å². The maximum Gasteiger partial charge on any atom is 0.242 e. The summed E-state index contributed by atoms with van der Waals surface area (Å²) >= 11 is 5.52. The second kappa shape index (κ2) is 4.96. The third-order valence-corrected chi connectivity index (χ3v) is 4.12. The van der Waals surface area contributed by atoms with E-state index in [1.165, 1.54) is 11.4 Å². The molecule has 0 N–H and O–H groups in total. The summed E-state index contributed by atoms with van der Waals surface area (Å²) in [6.45, 7) is 2.18. The van der Waals surface area contributed by atoms with Crippen LogP contribution in [0, 0.1) is 6.92 Å². The molecule has 15 heavy (non-hydrogen) atoms. The molecule has 0 aliphatic carbocycles. The lowest BCUT2D eigenvalue weighted by atomic mass is 10.2. The summed E-state index contributed by atoms with van der Waals surface area (Å²) in [5, 5.41) is 0. The van der Waals surface area contributed by atoms with E-state index in [-0.39, 0.29) is 0 Å². The molecule has 0 unspecified atom stereocenters. The van der Waals surface area contributed by atoms with Crippen LogP contribution < -0.4 is 0 Å². The van der Waals surface area contributed by atoms with Crippen LogP contribution in [0.2, 0.25) is 0 Å². The van der Waals surface area contributed by atoms with E-state index < -0.39 is 10.0 Å². The molecule has 1 aromatic carbocycles. The van der Waals surface area contributed by atoms with Crippen molar-refractivity contribution < 1.29 is 8.42 Å². The van der Waals surface area contributed by atoms with Gasteiger partial charge in [-0.3, -0.25) is 0 Å². The molecule has 84 valence electrons. The Kier molecular flexibility index (Phi) is 4.13. The zero-order chi connectivity index (χ0) is 11.5. The van der Waals surface area contributed by atoms with Gasteiger partial charge in [-0.1, -0.05) is 12.1 Å². The van der Waals surface area contributed by atoms with Crippen LogP contribution in [-0.4, -0.2) is 32.2 Å². The second-order valence-corrected chi connectivity index (χ2v) is 5.75. The zero-order valence-electron chi connectivity index (χ0n) is 8.77. The summed E-state index contributed by atoms with van der Waals surface area (Å²) in [4.78, 5) is 0.315. The second-order valence-electron chi connectivity index (χ2n) is 3.33. The number of rotatable bonds is 4. The first-order valence-corrected chi connectivity index (χ1v) is 6.55. The van der Waals surface area contributed by atoms with Gasteiger partial charge in [-0.05, 0) is 24.6 Å². The molecule has 0 aliphatic rings. The maximum absolute atomic E-state index is 11.9. The Morgan fingerprint density at radius 3 is 2.60 bits per heavy atom. The van der Waals surface area contributed by atoms with Gasteiger partial charge in [-0.15, -0.1) is 11.6 Å². The zero-order valence-corrected chi connectivity index (χ0v) is 10.3. The first-order chi connectivity index (χ1) is 6.98. The van der Waals surface area contributed by atoms with E-state index in [2.05, 4.69) is 0 Å². The molecule has 0 atom stereocenters. The number of benzene rings is 1. The van der Waals surface area contributed by atoms with E-state index in [4.69, 9.17) is 11.6 Å². The highest BCUT2D eigenvalue weighted by Gasteiger charge is 2.19. The Hall–Kier alpha value is -0.580. The first kappa shape index (κ1) is 12.5. The topological polar surface area (TPSA) is 37.4 Å². The van der Waals surface area contributed by atoms with E-state index in [9.17, 15) is 8.42 Å². The van der Waals surface area contributed by atoms with Crippen LogP contribution in [0.5, 0.6) is 0 Å². The van der Waals surface area contributed by atoms with Crippen molar-refractivity contribution in [3.63, 3.8) is 0 Å². The quantitative estimate of drug-likeness (QED) is 0.762. The number of sulfonamides is 1. The highest BCUT2D eigenvalue weighted by Crippen LogP contribution is 2.15. The van der Waals surface area contributed by atoms with Crippen LogP contribution in [0.4, 0.5) is 0 Å². The van der Waals surface area contributed by atoms with Crippen molar-refractivity contribution in [3.8, 4) is 0 Å². The predicted molar refractivity (Wildman–Crippen MR) is 61.7 cm³/mol. The molecule has 1 aromatic rings. The van der Waals surface area contributed by atoms with Crippen molar-refractivity contribution in [2.45, 2.75) is 11.8 Å². The first-order valence-electron chi connectivity index (χ1n) is 4.57. The molecule has 0 aliphatic heterocycles. The molecule has 0 fully saturated rings. The summed E-state index contributed by atoms with van der Waals surface area (Å²) in [7, 11) is -1.85. The summed E-state index contributed by atoms with van der Waals surface area (Å²) in [5.41, 5.74) is 0.926. The van der Waals surface area contributed by atoms with Gasteiger partial charge in [0.25, 0.3) is 0 Å². The van der Waals surface area contributed by atoms with Crippen molar-refractivity contribution in [1.82, 2.24) is 4.31 Å². The fourth-order valence-electron chi connectivity index (χ4n) is 1.19. The van der Waals surface area contributed by atoms with E-state index in [1.54, 1.807) is 18.2 Å². The Bertz CT molecular complexity index is 431. The minimum atomic E-state index is -3.37.